The SMILES string of the molecule is O=C([C@@H]1[C@@H]2C[C@H]1CN(CC(F)(F)F)C2)N1Cc2cccnc2Nc2ccc(N3CCOCC3)cc21. The summed E-state index contributed by atoms with van der Waals surface area (Å²) >= 11 is 0. The molecule has 0 unspecified atom stereocenters. The van der Waals surface area contributed by atoms with Crippen molar-refractivity contribution in [3.8, 4) is 0 Å². The van der Waals surface area contributed by atoms with Crippen LogP contribution in [0.15, 0.2) is 36.5 Å². The number of pyridine rings is 1. The van der Waals surface area contributed by atoms with Gasteiger partial charge in [-0.2, -0.15) is 13.2 Å². The fourth-order valence-electron chi connectivity index (χ4n) is 6.08. The highest BCUT2D eigenvalue weighted by molar-refractivity contribution is 6.01. The summed E-state index contributed by atoms with van der Waals surface area (Å²) in [6.45, 7) is 2.98. The first kappa shape index (κ1) is 22.6. The van der Waals surface area contributed by atoms with Gasteiger partial charge in [0, 0.05) is 49.5 Å². The van der Waals surface area contributed by atoms with Crippen LogP contribution in [0.1, 0.15) is 12.0 Å². The van der Waals surface area contributed by atoms with E-state index in [1.165, 1.54) is 4.90 Å². The Balaban J connectivity index is 1.30. The maximum atomic E-state index is 14.0. The van der Waals surface area contributed by atoms with E-state index in [4.69, 9.17) is 4.74 Å². The summed E-state index contributed by atoms with van der Waals surface area (Å²) in [5.41, 5.74) is 3.52. The summed E-state index contributed by atoms with van der Waals surface area (Å²) in [7, 11) is 0. The molecule has 1 aromatic carbocycles. The predicted octanol–water partition coefficient (Wildman–Crippen LogP) is 3.64. The van der Waals surface area contributed by atoms with Crippen molar-refractivity contribution in [2.45, 2.75) is 19.1 Å². The van der Waals surface area contributed by atoms with Gasteiger partial charge in [0.25, 0.3) is 0 Å². The number of alkyl halides is 3. The minimum atomic E-state index is -4.22. The molecule has 2 saturated heterocycles. The van der Waals surface area contributed by atoms with E-state index in [0.29, 0.717) is 38.7 Å². The average Bonchev–Trinajstić information content (AvgIpc) is 3.00. The van der Waals surface area contributed by atoms with E-state index in [9.17, 15) is 18.0 Å². The second-order valence-corrected chi connectivity index (χ2v) is 9.95. The Kier molecular flexibility index (Phi) is 5.60. The minimum absolute atomic E-state index is 0.00297. The topological polar surface area (TPSA) is 60.9 Å². The molecule has 3 aliphatic heterocycles. The van der Waals surface area contributed by atoms with Crippen LogP contribution < -0.4 is 15.1 Å². The standard InChI is InChI=1S/C25H28F3N5O2/c26-25(27,28)15-31-12-17-10-18(13-31)22(17)24(34)33-14-16-2-1-5-29-23(16)30-20-4-3-19(11-21(20)33)32-6-8-35-9-7-32/h1-5,11,17-18,22H,6-10,12-15H2,(H,29,30)/t17-,18+,22-. The molecule has 1 aliphatic carbocycles. The monoisotopic (exact) mass is 487 g/mol. The maximum absolute atomic E-state index is 14.0. The van der Waals surface area contributed by atoms with E-state index in [2.05, 4.69) is 15.2 Å². The lowest BCUT2D eigenvalue weighted by molar-refractivity contribution is -0.168. The molecule has 2 bridgehead atoms. The van der Waals surface area contributed by atoms with E-state index in [-0.39, 0.29) is 23.7 Å². The van der Waals surface area contributed by atoms with Gasteiger partial charge in [-0.15, -0.1) is 0 Å². The first-order valence-corrected chi connectivity index (χ1v) is 12.1. The van der Waals surface area contributed by atoms with Gasteiger partial charge >= 0.3 is 6.18 Å². The molecule has 1 aromatic heterocycles. The highest BCUT2D eigenvalue weighted by atomic mass is 19.4. The number of aromatic nitrogens is 1. The number of hydrogen-bond acceptors (Lipinski definition) is 6. The van der Waals surface area contributed by atoms with E-state index in [0.717, 1.165) is 42.1 Å². The zero-order valence-electron chi connectivity index (χ0n) is 19.3. The Labute approximate surface area is 201 Å². The smallest absolute Gasteiger partial charge is 0.378 e. The van der Waals surface area contributed by atoms with Gasteiger partial charge < -0.3 is 19.9 Å². The van der Waals surface area contributed by atoms with Gasteiger partial charge in [-0.1, -0.05) is 6.07 Å². The lowest BCUT2D eigenvalue weighted by Gasteiger charge is -2.53. The number of fused-ring (bicyclic) bond motifs is 4. The van der Waals surface area contributed by atoms with Crippen LogP contribution in [0.2, 0.25) is 0 Å². The van der Waals surface area contributed by atoms with E-state index in [1.54, 1.807) is 6.20 Å². The van der Waals surface area contributed by atoms with Crippen LogP contribution in [-0.2, 0) is 16.1 Å². The van der Waals surface area contributed by atoms with Crippen molar-refractivity contribution in [3.05, 3.63) is 42.1 Å². The summed E-state index contributed by atoms with van der Waals surface area (Å²) in [5.74, 6) is 0.376. The molecule has 186 valence electrons. The van der Waals surface area contributed by atoms with Crippen molar-refractivity contribution < 1.29 is 22.7 Å². The van der Waals surface area contributed by atoms with Crippen LogP contribution >= 0.6 is 0 Å². The third kappa shape index (κ3) is 4.33. The van der Waals surface area contributed by atoms with Crippen molar-refractivity contribution in [2.75, 3.05) is 61.1 Å². The van der Waals surface area contributed by atoms with Crippen LogP contribution in [0, 0.1) is 17.8 Å². The van der Waals surface area contributed by atoms with Gasteiger partial charge in [0.1, 0.15) is 5.82 Å². The number of ether oxygens (including phenoxy) is 1. The Morgan fingerprint density at radius 2 is 1.91 bits per heavy atom. The number of likely N-dealkylation sites (tertiary alicyclic amines) is 1. The van der Waals surface area contributed by atoms with Crippen LogP contribution in [0.5, 0.6) is 0 Å². The molecule has 1 amide bonds. The number of halogens is 3. The number of rotatable bonds is 3. The molecule has 4 heterocycles. The number of carbonyl (C=O) groups excluding carboxylic acids is 1. The van der Waals surface area contributed by atoms with Gasteiger partial charge in [0.15, 0.2) is 0 Å². The van der Waals surface area contributed by atoms with Gasteiger partial charge in [-0.3, -0.25) is 9.69 Å². The molecule has 35 heavy (non-hydrogen) atoms. The number of nitrogens with zero attached hydrogens (tertiary/aromatic N) is 4. The number of anilines is 4. The maximum Gasteiger partial charge on any atom is 0.401 e. The molecule has 0 radical (unpaired) electrons. The van der Waals surface area contributed by atoms with Crippen molar-refractivity contribution in [1.29, 1.82) is 0 Å². The lowest BCUT2D eigenvalue weighted by Crippen LogP contribution is -2.61. The average molecular weight is 488 g/mol. The molecule has 10 heteroatoms. The van der Waals surface area contributed by atoms with Gasteiger partial charge in [0.05, 0.1) is 37.7 Å². The van der Waals surface area contributed by atoms with Crippen molar-refractivity contribution in [3.63, 3.8) is 0 Å². The highest BCUT2D eigenvalue weighted by Crippen LogP contribution is 2.48. The first-order valence-electron chi connectivity index (χ1n) is 12.1. The summed E-state index contributed by atoms with van der Waals surface area (Å²) in [5, 5.41) is 3.39. The third-order valence-corrected chi connectivity index (χ3v) is 7.68. The van der Waals surface area contributed by atoms with Crippen molar-refractivity contribution in [2.24, 2.45) is 17.8 Å². The summed E-state index contributed by atoms with van der Waals surface area (Å²) < 4.78 is 44.3. The normalized spacial score (nSPS) is 26.2. The van der Waals surface area contributed by atoms with E-state index >= 15 is 0 Å². The van der Waals surface area contributed by atoms with Crippen molar-refractivity contribution in [1.82, 2.24) is 9.88 Å². The van der Waals surface area contributed by atoms with Gasteiger partial charge in [-0.05, 0) is 42.5 Å². The summed E-state index contributed by atoms with van der Waals surface area (Å²) in [6.07, 6.45) is -1.68. The fourth-order valence-corrected chi connectivity index (χ4v) is 6.08. The second kappa shape index (κ2) is 8.67. The molecule has 3 fully saturated rings. The number of morpholine rings is 1. The van der Waals surface area contributed by atoms with E-state index < -0.39 is 12.7 Å². The van der Waals surface area contributed by atoms with Crippen LogP contribution in [0.4, 0.5) is 36.1 Å². The highest BCUT2D eigenvalue weighted by Gasteiger charge is 2.53. The molecule has 1 saturated carbocycles. The number of nitrogens with one attached hydrogen (secondary N) is 1. The van der Waals surface area contributed by atoms with E-state index in [1.807, 2.05) is 35.2 Å². The molecule has 4 aliphatic rings. The zero-order valence-corrected chi connectivity index (χ0v) is 19.3. The first-order chi connectivity index (χ1) is 16.9. The largest absolute Gasteiger partial charge is 0.401 e. The molecular formula is C25H28F3N5O2. The Morgan fingerprint density at radius 3 is 2.66 bits per heavy atom. The summed E-state index contributed by atoms with van der Waals surface area (Å²) in [4.78, 5) is 24.0. The summed E-state index contributed by atoms with van der Waals surface area (Å²) in [6, 6.07) is 9.88. The molecule has 0 spiro atoms. The second-order valence-electron chi connectivity index (χ2n) is 9.95. The number of benzene rings is 1. The Hall–Kier alpha value is -2.85. The fraction of sp³-hybridized carbons (Fsp3) is 0.520. The molecule has 1 N–H and O–H groups in total. The van der Waals surface area contributed by atoms with Gasteiger partial charge in [0.2, 0.25) is 5.91 Å². The Bertz CT molecular complexity index is 1110. The molecule has 7 nitrogen and oxygen atoms in total. The van der Waals surface area contributed by atoms with Gasteiger partial charge in [-0.25, -0.2) is 4.98 Å². The molecule has 3 atom stereocenters. The molecule has 6 rings (SSSR count). The predicted molar refractivity (Wildman–Crippen MR) is 126 cm³/mol. The van der Waals surface area contributed by atoms with Crippen LogP contribution in [0.25, 0.3) is 0 Å². The number of amides is 1. The quantitative estimate of drug-likeness (QED) is 0.714. The number of carbonyl (C=O) groups is 1. The Morgan fingerprint density at radius 1 is 1.14 bits per heavy atom. The number of hydrogen-bond donors (Lipinski definition) is 1. The molecule has 2 aromatic rings. The minimum Gasteiger partial charge on any atom is -0.378 e. The third-order valence-electron chi connectivity index (χ3n) is 7.68. The van der Waals surface area contributed by atoms with Crippen LogP contribution in [-0.4, -0.2) is 67.9 Å². The molecular weight excluding hydrogens is 459 g/mol. The van der Waals surface area contributed by atoms with Crippen LogP contribution in [0.3, 0.4) is 0 Å². The zero-order chi connectivity index (χ0) is 24.2. The lowest BCUT2D eigenvalue weighted by atomic mass is 9.61. The number of piperidine rings is 2. The van der Waals surface area contributed by atoms with Crippen molar-refractivity contribution >= 4 is 28.8 Å².